The molecule has 2 rings (SSSR count). The number of carboxylic acid groups (broad SMARTS) is 2. The van der Waals surface area contributed by atoms with Crippen LogP contribution in [0.3, 0.4) is 0 Å². The van der Waals surface area contributed by atoms with Gasteiger partial charge in [0.25, 0.3) is 0 Å². The van der Waals surface area contributed by atoms with Gasteiger partial charge in [-0.25, -0.2) is 0 Å². The Hall–Kier alpha value is -2.22. The van der Waals surface area contributed by atoms with Crippen molar-refractivity contribution in [3.8, 4) is 0 Å². The molecule has 2 aromatic rings. The maximum Gasteiger partial charge on any atom is 2.00 e. The zero-order valence-corrected chi connectivity index (χ0v) is 20.0. The molecule has 29 heavy (non-hydrogen) atoms. The van der Waals surface area contributed by atoms with E-state index in [1.165, 1.54) is 37.1 Å². The maximum absolute atomic E-state index is 10.2. The first-order valence-corrected chi connectivity index (χ1v) is 8.96. The van der Waals surface area contributed by atoms with Crippen LogP contribution in [0.4, 0.5) is 11.4 Å². The predicted molar refractivity (Wildman–Crippen MR) is 117 cm³/mol. The van der Waals surface area contributed by atoms with Gasteiger partial charge in [-0.05, 0) is 12.1 Å². The summed E-state index contributed by atoms with van der Waals surface area (Å²) < 4.78 is 0. The number of hydrogen-bond donors (Lipinski definition) is 2. The van der Waals surface area contributed by atoms with Gasteiger partial charge in [-0.2, -0.15) is 0 Å². The molecule has 0 bridgehead atoms. The van der Waals surface area contributed by atoms with Crippen LogP contribution in [0.15, 0.2) is 48.5 Å². The second kappa shape index (κ2) is 20.5. The van der Waals surface area contributed by atoms with E-state index in [4.69, 9.17) is 11.5 Å². The summed E-state index contributed by atoms with van der Waals surface area (Å²) in [6, 6.07) is 12.4. The smallest absolute Gasteiger partial charge is 0.545 e. The summed E-state index contributed by atoms with van der Waals surface area (Å²) in [5, 5.41) is 20.5. The Morgan fingerprint density at radius 1 is 0.759 bits per heavy atom. The molecule has 0 saturated heterocycles. The van der Waals surface area contributed by atoms with Gasteiger partial charge in [0.1, 0.15) is 0 Å². The quantitative estimate of drug-likeness (QED) is 0.484. The molecule has 6 nitrogen and oxygen atoms in total. The van der Waals surface area contributed by atoms with Crippen molar-refractivity contribution in [2.24, 2.45) is 0 Å². The molecule has 0 unspecified atom stereocenters. The van der Waals surface area contributed by atoms with E-state index in [-0.39, 0.29) is 46.4 Å². The van der Waals surface area contributed by atoms with Crippen molar-refractivity contribution in [2.45, 2.75) is 39.5 Å². The van der Waals surface area contributed by atoms with Gasteiger partial charge < -0.3 is 31.3 Å². The molecule has 0 aliphatic carbocycles. The molecular weight excluding hydrogens is 475 g/mol. The van der Waals surface area contributed by atoms with Crippen molar-refractivity contribution in [1.82, 2.24) is 0 Å². The van der Waals surface area contributed by atoms with Gasteiger partial charge in [0, 0.05) is 22.5 Å². The van der Waals surface area contributed by atoms with E-state index in [1.807, 2.05) is 0 Å². The van der Waals surface area contributed by atoms with Crippen LogP contribution in [-0.4, -0.2) is 35.8 Å². The molecule has 0 heterocycles. The third-order valence-corrected chi connectivity index (χ3v) is 3.07. The van der Waals surface area contributed by atoms with Crippen LogP contribution in [0.2, 0.25) is 0 Å². The Morgan fingerprint density at radius 2 is 1.00 bits per heavy atom. The number of unbranched alkanes of at least 4 members (excludes halogenated alkanes) is 2. The zero-order chi connectivity index (χ0) is 21.9. The van der Waals surface area contributed by atoms with E-state index in [2.05, 4.69) is 27.7 Å². The van der Waals surface area contributed by atoms with E-state index < -0.39 is 11.9 Å². The first-order chi connectivity index (χ1) is 13.3. The number of hydrogen-bond acceptors (Lipinski definition) is 6. The Bertz CT molecular complexity index is 631. The van der Waals surface area contributed by atoms with E-state index in [0.717, 1.165) is 12.8 Å². The number of carbonyl (C=O) groups is 2. The van der Waals surface area contributed by atoms with Crippen LogP contribution >= 0.6 is 0 Å². The molecule has 156 valence electrons. The molecular formula is C22H30N2O4Sn. The minimum atomic E-state index is -1.24. The second-order valence-electron chi connectivity index (χ2n) is 5.46. The van der Waals surface area contributed by atoms with E-state index in [9.17, 15) is 19.8 Å². The number of nitrogens with two attached hydrogens (primary N) is 2. The molecule has 0 aliphatic heterocycles. The molecule has 0 aromatic heterocycles. The van der Waals surface area contributed by atoms with E-state index in [0.29, 0.717) is 0 Å². The number of para-hydroxylation sites is 2. The Morgan fingerprint density at radius 3 is 1.14 bits per heavy atom. The fraction of sp³-hybridized carbons (Fsp3) is 0.273. The van der Waals surface area contributed by atoms with Gasteiger partial charge in [-0.3, -0.25) is 0 Å². The van der Waals surface area contributed by atoms with Crippen LogP contribution in [0, 0.1) is 13.8 Å². The largest absolute Gasteiger partial charge is 2.00 e. The van der Waals surface area contributed by atoms with Gasteiger partial charge in [-0.15, -0.1) is 0 Å². The van der Waals surface area contributed by atoms with Gasteiger partial charge in [0.15, 0.2) is 0 Å². The normalized spacial score (nSPS) is 8.41. The van der Waals surface area contributed by atoms with Gasteiger partial charge in [0.2, 0.25) is 0 Å². The number of anilines is 2. The minimum Gasteiger partial charge on any atom is -0.545 e. The summed E-state index contributed by atoms with van der Waals surface area (Å²) in [5.74, 6) is -2.48. The first-order valence-electron chi connectivity index (χ1n) is 8.96. The fourth-order valence-corrected chi connectivity index (χ4v) is 1.37. The molecule has 0 fully saturated rings. The summed E-state index contributed by atoms with van der Waals surface area (Å²) in [4.78, 5) is 20.5. The van der Waals surface area contributed by atoms with Crippen molar-refractivity contribution < 1.29 is 19.8 Å². The molecule has 0 aliphatic rings. The minimum absolute atomic E-state index is 0. The zero-order valence-electron chi connectivity index (χ0n) is 17.1. The molecule has 0 amide bonds. The number of nitrogen functional groups attached to an aromatic ring is 2. The first kappa shape index (κ1) is 31.5. The number of carbonyl (C=O) groups excluding carboxylic acids is 2. The van der Waals surface area contributed by atoms with Crippen LogP contribution in [0.1, 0.15) is 60.2 Å². The topological polar surface area (TPSA) is 132 Å². The van der Waals surface area contributed by atoms with Gasteiger partial charge >= 0.3 is 23.9 Å². The van der Waals surface area contributed by atoms with Crippen LogP contribution in [0.5, 0.6) is 0 Å². The molecule has 0 atom stereocenters. The van der Waals surface area contributed by atoms with Crippen molar-refractivity contribution in [3.05, 3.63) is 73.5 Å². The van der Waals surface area contributed by atoms with Crippen molar-refractivity contribution in [2.75, 3.05) is 11.5 Å². The third-order valence-electron chi connectivity index (χ3n) is 3.07. The third kappa shape index (κ3) is 16.4. The number of rotatable bonds is 4. The standard InChI is InChI=1S/2C7H7NO2.2C4H9.Sn/c2*8-6-4-2-1-3-5(6)7(9)10;2*1-3-4-2;/h2*1-4H,8H2,(H,9,10);2*1,3-4H2,2H3;/q;;;;+2/p-2. The number of benzene rings is 2. The molecule has 0 spiro atoms. The number of carboxylic acids is 2. The van der Waals surface area contributed by atoms with Crippen molar-refractivity contribution >= 4 is 47.2 Å². The van der Waals surface area contributed by atoms with E-state index in [1.54, 1.807) is 24.3 Å². The summed E-state index contributed by atoms with van der Waals surface area (Å²) in [6.07, 6.45) is 4.56. The maximum atomic E-state index is 10.2. The summed E-state index contributed by atoms with van der Waals surface area (Å²) in [5.41, 5.74) is 11.2. The summed E-state index contributed by atoms with van der Waals surface area (Å²) in [7, 11) is 0. The van der Waals surface area contributed by atoms with Gasteiger partial charge in [0.05, 0.1) is 11.9 Å². The number of aromatic carboxylic acids is 2. The molecule has 7 heteroatoms. The fourth-order valence-electron chi connectivity index (χ4n) is 1.37. The van der Waals surface area contributed by atoms with Gasteiger partial charge in [-0.1, -0.05) is 89.8 Å². The van der Waals surface area contributed by atoms with E-state index >= 15 is 0 Å². The summed E-state index contributed by atoms with van der Waals surface area (Å²) >= 11 is 0. The van der Waals surface area contributed by atoms with Crippen molar-refractivity contribution in [3.63, 3.8) is 0 Å². The molecule has 4 radical (unpaired) electrons. The molecule has 2 aromatic carbocycles. The predicted octanol–water partition coefficient (Wildman–Crippen LogP) is 2.12. The van der Waals surface area contributed by atoms with Crippen LogP contribution in [0.25, 0.3) is 0 Å². The Kier molecular flexibility index (Phi) is 22.3. The molecule has 0 saturated carbocycles. The monoisotopic (exact) mass is 506 g/mol. The van der Waals surface area contributed by atoms with Crippen molar-refractivity contribution in [1.29, 1.82) is 0 Å². The second-order valence-corrected chi connectivity index (χ2v) is 5.46. The molecule has 4 N–H and O–H groups in total. The SMILES string of the molecule is Nc1ccccc1C(=O)[O-].Nc1ccccc1C(=O)[O-].[CH2]CCC.[CH2]CCC.[Sn+2]. The van der Waals surface area contributed by atoms with Crippen LogP contribution in [-0.2, 0) is 0 Å². The average Bonchev–Trinajstić information content (AvgIpc) is 2.69. The Labute approximate surface area is 191 Å². The van der Waals surface area contributed by atoms with Crippen LogP contribution < -0.4 is 21.7 Å². The summed E-state index contributed by atoms with van der Waals surface area (Å²) in [6.45, 7) is 11.4. The Balaban J connectivity index is -0.000000336. The average molecular weight is 505 g/mol.